The van der Waals surface area contributed by atoms with Crippen LogP contribution in [0.2, 0.25) is 0 Å². The predicted molar refractivity (Wildman–Crippen MR) is 75.7 cm³/mol. The molecule has 0 saturated heterocycles. The highest BCUT2D eigenvalue weighted by molar-refractivity contribution is 5.01. The maximum Gasteiger partial charge on any atom is -0.0257 e. The summed E-state index contributed by atoms with van der Waals surface area (Å²) in [6.07, 6.45) is 9.13. The van der Waals surface area contributed by atoms with Gasteiger partial charge in [0.05, 0.1) is 0 Å². The third-order valence-electron chi connectivity index (χ3n) is 3.49. The standard InChI is InChI=1S/C16H32/c1-7-9-14(4)11-16(6)12-15(5)10-13(3)8-2/h12-14,16H,7-11H2,1-6H3. The smallest absolute Gasteiger partial charge is 0.0257 e. The maximum absolute atomic E-state index is 2.50. The van der Waals surface area contributed by atoms with Crippen molar-refractivity contribution in [2.75, 3.05) is 0 Å². The zero-order valence-corrected chi connectivity index (χ0v) is 12.3. The van der Waals surface area contributed by atoms with E-state index in [9.17, 15) is 0 Å². The Labute approximate surface area is 104 Å². The van der Waals surface area contributed by atoms with Crippen LogP contribution in [0, 0.1) is 17.8 Å². The van der Waals surface area contributed by atoms with Gasteiger partial charge in [0.25, 0.3) is 0 Å². The van der Waals surface area contributed by atoms with Gasteiger partial charge in [-0.15, -0.1) is 0 Å². The Kier molecular flexibility index (Phi) is 8.70. The molecular formula is C16H32. The first-order chi connectivity index (χ1) is 7.49. The van der Waals surface area contributed by atoms with E-state index in [1.165, 1.54) is 32.1 Å². The number of hydrogen-bond donors (Lipinski definition) is 0. The molecule has 0 aliphatic rings. The Hall–Kier alpha value is -0.260. The van der Waals surface area contributed by atoms with Crippen LogP contribution in [0.25, 0.3) is 0 Å². The molecule has 0 aromatic heterocycles. The van der Waals surface area contributed by atoms with Gasteiger partial charge in [0.2, 0.25) is 0 Å². The van der Waals surface area contributed by atoms with Gasteiger partial charge in [0.1, 0.15) is 0 Å². The minimum atomic E-state index is 0.755. The monoisotopic (exact) mass is 224 g/mol. The third kappa shape index (κ3) is 7.96. The van der Waals surface area contributed by atoms with Gasteiger partial charge in [-0.1, -0.05) is 65.5 Å². The molecule has 0 heterocycles. The molecule has 0 aromatic rings. The largest absolute Gasteiger partial charge is 0.0827 e. The van der Waals surface area contributed by atoms with E-state index in [0.29, 0.717) is 0 Å². The number of hydrogen-bond acceptors (Lipinski definition) is 0. The highest BCUT2D eigenvalue weighted by Gasteiger charge is 2.07. The van der Waals surface area contributed by atoms with Crippen molar-refractivity contribution >= 4 is 0 Å². The summed E-state index contributed by atoms with van der Waals surface area (Å²) < 4.78 is 0. The van der Waals surface area contributed by atoms with Crippen LogP contribution >= 0.6 is 0 Å². The van der Waals surface area contributed by atoms with Gasteiger partial charge >= 0.3 is 0 Å². The van der Waals surface area contributed by atoms with Crippen LogP contribution in [0.3, 0.4) is 0 Å². The van der Waals surface area contributed by atoms with E-state index in [0.717, 1.165) is 17.8 Å². The summed E-state index contributed by atoms with van der Waals surface area (Å²) in [5.74, 6) is 2.48. The van der Waals surface area contributed by atoms with Crippen LogP contribution in [-0.2, 0) is 0 Å². The van der Waals surface area contributed by atoms with Crippen molar-refractivity contribution in [1.29, 1.82) is 0 Å². The number of rotatable bonds is 8. The molecule has 0 nitrogen and oxygen atoms in total. The molecule has 96 valence electrons. The van der Waals surface area contributed by atoms with Gasteiger partial charge < -0.3 is 0 Å². The Morgan fingerprint density at radius 3 is 2.19 bits per heavy atom. The second-order valence-electron chi connectivity index (χ2n) is 5.84. The van der Waals surface area contributed by atoms with E-state index in [-0.39, 0.29) is 0 Å². The normalized spacial score (nSPS) is 18.2. The van der Waals surface area contributed by atoms with Gasteiger partial charge in [-0.3, -0.25) is 0 Å². The third-order valence-corrected chi connectivity index (χ3v) is 3.49. The molecule has 0 radical (unpaired) electrons. The lowest BCUT2D eigenvalue weighted by Crippen LogP contribution is -2.02. The molecule has 0 saturated carbocycles. The molecule has 16 heavy (non-hydrogen) atoms. The van der Waals surface area contributed by atoms with Crippen LogP contribution < -0.4 is 0 Å². The van der Waals surface area contributed by atoms with Crippen molar-refractivity contribution in [1.82, 2.24) is 0 Å². The van der Waals surface area contributed by atoms with Crippen LogP contribution in [0.4, 0.5) is 0 Å². The Balaban J connectivity index is 3.99. The molecule has 0 rings (SSSR count). The topological polar surface area (TPSA) is 0 Å². The molecule has 0 aliphatic heterocycles. The number of allylic oxidation sites excluding steroid dienone is 2. The molecule has 0 aliphatic carbocycles. The summed E-state index contributed by atoms with van der Waals surface area (Å²) in [6, 6.07) is 0. The lowest BCUT2D eigenvalue weighted by Gasteiger charge is -2.15. The Bertz CT molecular complexity index is 190. The van der Waals surface area contributed by atoms with Crippen LogP contribution in [0.1, 0.15) is 73.6 Å². The second kappa shape index (κ2) is 8.84. The average molecular weight is 224 g/mol. The van der Waals surface area contributed by atoms with E-state index in [4.69, 9.17) is 0 Å². The first-order valence-electron chi connectivity index (χ1n) is 7.16. The van der Waals surface area contributed by atoms with Crippen molar-refractivity contribution in [3.63, 3.8) is 0 Å². The fourth-order valence-electron chi connectivity index (χ4n) is 2.56. The molecule has 3 atom stereocenters. The van der Waals surface area contributed by atoms with Crippen molar-refractivity contribution in [2.45, 2.75) is 73.6 Å². The fourth-order valence-corrected chi connectivity index (χ4v) is 2.56. The van der Waals surface area contributed by atoms with E-state index in [1.807, 2.05) is 0 Å². The lowest BCUT2D eigenvalue weighted by molar-refractivity contribution is 0.432. The SMILES string of the molecule is CCCC(C)CC(C)C=C(C)CC(C)CC. The summed E-state index contributed by atoms with van der Waals surface area (Å²) in [4.78, 5) is 0. The first-order valence-corrected chi connectivity index (χ1v) is 7.16. The lowest BCUT2D eigenvalue weighted by atomic mass is 9.91. The van der Waals surface area contributed by atoms with Crippen LogP contribution in [-0.4, -0.2) is 0 Å². The zero-order chi connectivity index (χ0) is 12.6. The highest BCUT2D eigenvalue weighted by Crippen LogP contribution is 2.21. The van der Waals surface area contributed by atoms with Crippen LogP contribution in [0.15, 0.2) is 11.6 Å². The maximum atomic E-state index is 2.50. The van der Waals surface area contributed by atoms with Gasteiger partial charge in [-0.2, -0.15) is 0 Å². The molecule has 0 fully saturated rings. The predicted octanol–water partition coefficient (Wildman–Crippen LogP) is 5.83. The first kappa shape index (κ1) is 15.7. The Morgan fingerprint density at radius 2 is 1.69 bits per heavy atom. The molecule has 0 amide bonds. The molecular weight excluding hydrogens is 192 g/mol. The van der Waals surface area contributed by atoms with Crippen molar-refractivity contribution in [2.24, 2.45) is 17.8 Å². The quantitative estimate of drug-likeness (QED) is 0.455. The van der Waals surface area contributed by atoms with Crippen molar-refractivity contribution in [3.8, 4) is 0 Å². The summed E-state index contributed by atoms with van der Waals surface area (Å²) in [5.41, 5.74) is 1.59. The highest BCUT2D eigenvalue weighted by atomic mass is 14.1. The van der Waals surface area contributed by atoms with Gasteiger partial charge in [-0.05, 0) is 37.5 Å². The van der Waals surface area contributed by atoms with E-state index >= 15 is 0 Å². The molecule has 0 bridgehead atoms. The minimum absolute atomic E-state index is 0.755. The zero-order valence-electron chi connectivity index (χ0n) is 12.3. The summed E-state index contributed by atoms with van der Waals surface area (Å²) in [7, 11) is 0. The summed E-state index contributed by atoms with van der Waals surface area (Å²) in [5, 5.41) is 0. The second-order valence-corrected chi connectivity index (χ2v) is 5.84. The molecule has 0 N–H and O–H groups in total. The van der Waals surface area contributed by atoms with E-state index in [2.05, 4.69) is 47.6 Å². The summed E-state index contributed by atoms with van der Waals surface area (Å²) >= 11 is 0. The van der Waals surface area contributed by atoms with Crippen molar-refractivity contribution in [3.05, 3.63) is 11.6 Å². The van der Waals surface area contributed by atoms with Crippen LogP contribution in [0.5, 0.6) is 0 Å². The van der Waals surface area contributed by atoms with Crippen molar-refractivity contribution < 1.29 is 0 Å². The molecule has 0 heteroatoms. The molecule has 3 unspecified atom stereocenters. The van der Waals surface area contributed by atoms with Gasteiger partial charge in [-0.25, -0.2) is 0 Å². The molecule has 0 aromatic carbocycles. The average Bonchev–Trinajstić information content (AvgIpc) is 2.16. The fraction of sp³-hybridized carbons (Fsp3) is 0.875. The van der Waals surface area contributed by atoms with Gasteiger partial charge in [0.15, 0.2) is 0 Å². The Morgan fingerprint density at radius 1 is 1.06 bits per heavy atom. The van der Waals surface area contributed by atoms with E-state index in [1.54, 1.807) is 5.57 Å². The molecule has 0 spiro atoms. The van der Waals surface area contributed by atoms with E-state index < -0.39 is 0 Å². The minimum Gasteiger partial charge on any atom is -0.0827 e. The van der Waals surface area contributed by atoms with Gasteiger partial charge in [0, 0.05) is 0 Å². The summed E-state index contributed by atoms with van der Waals surface area (Å²) in [6.45, 7) is 14.0.